The third-order valence-corrected chi connectivity index (χ3v) is 8.23. The van der Waals surface area contributed by atoms with Gasteiger partial charge in [-0.3, -0.25) is 10.2 Å². The van der Waals surface area contributed by atoms with Crippen molar-refractivity contribution in [2.24, 2.45) is 23.5 Å². The predicted octanol–water partition coefficient (Wildman–Crippen LogP) is 3.59. The zero-order valence-electron chi connectivity index (χ0n) is 19.4. The lowest BCUT2D eigenvalue weighted by molar-refractivity contribution is -0.137. The van der Waals surface area contributed by atoms with E-state index in [0.717, 1.165) is 57.2 Å². The van der Waals surface area contributed by atoms with Crippen molar-refractivity contribution in [1.29, 1.82) is 5.41 Å². The highest BCUT2D eigenvalue weighted by molar-refractivity contribution is 5.95. The van der Waals surface area contributed by atoms with Crippen LogP contribution in [0, 0.1) is 23.2 Å². The Labute approximate surface area is 195 Å². The normalized spacial score (nSPS) is 31.2. The van der Waals surface area contributed by atoms with E-state index in [4.69, 9.17) is 15.9 Å². The third-order valence-electron chi connectivity index (χ3n) is 8.23. The number of rotatable bonds is 6. The van der Waals surface area contributed by atoms with Gasteiger partial charge < -0.3 is 20.7 Å². The Morgan fingerprint density at radius 3 is 2.33 bits per heavy atom. The van der Waals surface area contributed by atoms with E-state index in [0.29, 0.717) is 29.7 Å². The Morgan fingerprint density at radius 2 is 1.73 bits per heavy atom. The number of likely N-dealkylation sites (tertiary alicyclic amines) is 1. The van der Waals surface area contributed by atoms with Crippen molar-refractivity contribution in [2.75, 3.05) is 13.1 Å². The third kappa shape index (κ3) is 4.87. The molecule has 178 valence electrons. The second kappa shape index (κ2) is 8.99. The number of carbonyl (C=O) groups excluding carboxylic acids is 2. The van der Waals surface area contributed by atoms with E-state index >= 15 is 0 Å². The van der Waals surface area contributed by atoms with Crippen LogP contribution in [0.2, 0.25) is 0 Å². The summed E-state index contributed by atoms with van der Waals surface area (Å²) in [6, 6.07) is 6.66. The Bertz CT molecular complexity index is 889. The molecule has 0 spiro atoms. The van der Waals surface area contributed by atoms with Gasteiger partial charge in [0.15, 0.2) is 0 Å². The van der Waals surface area contributed by atoms with Gasteiger partial charge in [-0.15, -0.1) is 0 Å². The number of nitrogens with two attached hydrogens (primary N) is 1. The first-order valence-electron chi connectivity index (χ1n) is 12.6. The predicted molar refractivity (Wildman–Crippen MR) is 126 cm³/mol. The number of benzene rings is 1. The quantitative estimate of drug-likeness (QED) is 0.453. The van der Waals surface area contributed by atoms with Gasteiger partial charge in [-0.1, -0.05) is 18.2 Å². The number of nitrogens with one attached hydrogen (secondary N) is 2. The topological polar surface area (TPSA) is 109 Å². The highest BCUT2D eigenvalue weighted by Gasteiger charge is 2.53. The Kier molecular flexibility index (Phi) is 6.06. The number of amidine groups is 1. The summed E-state index contributed by atoms with van der Waals surface area (Å²) in [5, 5.41) is 10.7. The number of nitrogen functional groups attached to an aromatic ring is 1. The van der Waals surface area contributed by atoms with Gasteiger partial charge in [-0.25, -0.2) is 4.79 Å². The largest absolute Gasteiger partial charge is 0.443 e. The fourth-order valence-electron chi connectivity index (χ4n) is 7.16. The molecule has 33 heavy (non-hydrogen) atoms. The van der Waals surface area contributed by atoms with Crippen molar-refractivity contribution < 1.29 is 14.3 Å². The minimum absolute atomic E-state index is 0.00931. The zero-order valence-corrected chi connectivity index (χ0v) is 19.4. The zero-order chi connectivity index (χ0) is 23.0. The number of ether oxygens (including phenoxy) is 1. The molecule has 4 aliphatic carbocycles. The number of hydrogen-bond acceptors (Lipinski definition) is 4. The van der Waals surface area contributed by atoms with Crippen LogP contribution in [0.1, 0.15) is 68.9 Å². The molecule has 0 aromatic heterocycles. The van der Waals surface area contributed by atoms with Crippen LogP contribution in [-0.2, 0) is 16.0 Å². The van der Waals surface area contributed by atoms with Crippen LogP contribution in [-0.4, -0.2) is 47.5 Å². The minimum Gasteiger partial charge on any atom is -0.443 e. The van der Waals surface area contributed by atoms with E-state index < -0.39 is 12.1 Å². The lowest BCUT2D eigenvalue weighted by Gasteiger charge is -2.55. The van der Waals surface area contributed by atoms with E-state index in [1.165, 1.54) is 19.3 Å². The molecular formula is C26H36N4O3. The van der Waals surface area contributed by atoms with Gasteiger partial charge >= 0.3 is 6.09 Å². The molecule has 6 rings (SSSR count). The van der Waals surface area contributed by atoms with Gasteiger partial charge in [-0.05, 0) is 87.2 Å². The summed E-state index contributed by atoms with van der Waals surface area (Å²) in [5.41, 5.74) is 6.80. The average Bonchev–Trinajstić information content (AvgIpc) is 2.77. The maximum Gasteiger partial charge on any atom is 0.408 e. The number of hydrogen-bond donors (Lipinski definition) is 3. The average molecular weight is 453 g/mol. The van der Waals surface area contributed by atoms with E-state index in [2.05, 4.69) is 5.32 Å². The SMILES string of the molecule is N=C(N)c1cccc(C[C@H](NC(=O)OC23CC4CC(CC(C4)C2)C3)C(=O)N2CCCCC2)c1. The molecule has 1 aliphatic heterocycles. The first-order chi connectivity index (χ1) is 15.9. The molecule has 1 heterocycles. The number of carbonyl (C=O) groups is 2. The number of amides is 2. The number of piperidine rings is 1. The summed E-state index contributed by atoms with van der Waals surface area (Å²) in [6.45, 7) is 1.46. The lowest BCUT2D eigenvalue weighted by Crippen LogP contribution is -2.56. The molecule has 4 bridgehead atoms. The van der Waals surface area contributed by atoms with Gasteiger partial charge in [0.2, 0.25) is 5.91 Å². The van der Waals surface area contributed by atoms with Crippen LogP contribution in [0.3, 0.4) is 0 Å². The van der Waals surface area contributed by atoms with Gasteiger partial charge in [0, 0.05) is 25.1 Å². The van der Waals surface area contributed by atoms with Crippen LogP contribution in [0.15, 0.2) is 24.3 Å². The fourth-order valence-corrected chi connectivity index (χ4v) is 7.16. The number of nitrogens with zero attached hydrogens (tertiary/aromatic N) is 1. The molecule has 0 unspecified atom stereocenters. The molecule has 5 fully saturated rings. The molecule has 4 saturated carbocycles. The van der Waals surface area contributed by atoms with Crippen molar-refractivity contribution in [2.45, 2.75) is 75.9 Å². The fraction of sp³-hybridized carbons (Fsp3) is 0.654. The molecule has 1 aromatic carbocycles. The summed E-state index contributed by atoms with van der Waals surface area (Å²) >= 11 is 0. The Balaban J connectivity index is 1.30. The van der Waals surface area contributed by atoms with E-state index in [1.54, 1.807) is 6.07 Å². The van der Waals surface area contributed by atoms with Crippen molar-refractivity contribution >= 4 is 17.8 Å². The van der Waals surface area contributed by atoms with Crippen LogP contribution in [0.25, 0.3) is 0 Å². The maximum absolute atomic E-state index is 13.4. The van der Waals surface area contributed by atoms with Crippen LogP contribution in [0.5, 0.6) is 0 Å². The molecule has 0 radical (unpaired) electrons. The molecule has 1 atom stereocenters. The second-order valence-corrected chi connectivity index (χ2v) is 10.9. The van der Waals surface area contributed by atoms with Crippen LogP contribution < -0.4 is 11.1 Å². The standard InChI is InChI=1S/C26H36N4O3/c27-23(28)21-6-4-5-17(12-21)13-22(24(31)30-7-2-1-3-8-30)29-25(32)33-26-14-18-9-19(15-26)11-20(10-18)16-26/h4-6,12,18-20,22H,1-3,7-11,13-16H2,(H3,27,28)(H,29,32)/t18?,19?,20?,22-,26?/m0/s1. The Hall–Kier alpha value is -2.57. The second-order valence-electron chi connectivity index (χ2n) is 10.9. The highest BCUT2D eigenvalue weighted by atomic mass is 16.6. The molecule has 7 heteroatoms. The summed E-state index contributed by atoms with van der Waals surface area (Å²) in [7, 11) is 0. The summed E-state index contributed by atoms with van der Waals surface area (Å²) in [4.78, 5) is 28.4. The number of alkyl carbamates (subject to hydrolysis) is 1. The summed E-state index contributed by atoms with van der Waals surface area (Å²) in [5.74, 6) is 1.99. The molecule has 1 aromatic rings. The molecule has 7 nitrogen and oxygen atoms in total. The van der Waals surface area contributed by atoms with E-state index in [1.807, 2.05) is 23.1 Å². The lowest BCUT2D eigenvalue weighted by atomic mass is 9.54. The summed E-state index contributed by atoms with van der Waals surface area (Å²) in [6.07, 6.45) is 9.78. The Morgan fingerprint density at radius 1 is 1.09 bits per heavy atom. The molecule has 2 amide bonds. The van der Waals surface area contributed by atoms with Crippen LogP contribution >= 0.6 is 0 Å². The van der Waals surface area contributed by atoms with Crippen molar-refractivity contribution in [3.63, 3.8) is 0 Å². The summed E-state index contributed by atoms with van der Waals surface area (Å²) < 4.78 is 6.14. The van der Waals surface area contributed by atoms with Gasteiger partial charge in [0.25, 0.3) is 0 Å². The van der Waals surface area contributed by atoms with Crippen LogP contribution in [0.4, 0.5) is 4.79 Å². The maximum atomic E-state index is 13.4. The van der Waals surface area contributed by atoms with E-state index in [-0.39, 0.29) is 17.3 Å². The van der Waals surface area contributed by atoms with Gasteiger partial charge in [0.1, 0.15) is 17.5 Å². The van der Waals surface area contributed by atoms with E-state index in [9.17, 15) is 9.59 Å². The highest BCUT2D eigenvalue weighted by Crippen LogP contribution is 2.57. The van der Waals surface area contributed by atoms with Crippen molar-refractivity contribution in [3.8, 4) is 0 Å². The van der Waals surface area contributed by atoms with Crippen molar-refractivity contribution in [1.82, 2.24) is 10.2 Å². The molecule has 4 N–H and O–H groups in total. The van der Waals surface area contributed by atoms with Gasteiger partial charge in [-0.2, -0.15) is 0 Å². The smallest absolute Gasteiger partial charge is 0.408 e. The molecular weight excluding hydrogens is 416 g/mol. The monoisotopic (exact) mass is 452 g/mol. The molecule has 5 aliphatic rings. The minimum atomic E-state index is -0.688. The van der Waals surface area contributed by atoms with Crippen molar-refractivity contribution in [3.05, 3.63) is 35.4 Å². The van der Waals surface area contributed by atoms with Gasteiger partial charge in [0.05, 0.1) is 0 Å². The first kappa shape index (κ1) is 22.2. The first-order valence-corrected chi connectivity index (χ1v) is 12.6. The molecule has 1 saturated heterocycles.